The van der Waals surface area contributed by atoms with Crippen molar-refractivity contribution in [2.24, 2.45) is 0 Å². The van der Waals surface area contributed by atoms with Crippen molar-refractivity contribution in [2.45, 2.75) is 24.8 Å². The van der Waals surface area contributed by atoms with Gasteiger partial charge in [-0.1, -0.05) is 0 Å². The van der Waals surface area contributed by atoms with Gasteiger partial charge in [0.05, 0.1) is 5.60 Å². The highest BCUT2D eigenvalue weighted by Crippen LogP contribution is 2.25. The van der Waals surface area contributed by atoms with Gasteiger partial charge in [0.1, 0.15) is 0 Å². The van der Waals surface area contributed by atoms with Gasteiger partial charge in [-0.15, -0.1) is 0 Å². The Morgan fingerprint density at radius 3 is 2.23 bits per heavy atom. The lowest BCUT2D eigenvalue weighted by molar-refractivity contribution is -0.217. The van der Waals surface area contributed by atoms with Gasteiger partial charge in [-0.3, -0.25) is 4.90 Å². The standard InChI is InChI=1S/C7H12F3NO2/c1-6(13)3-11(4-6)2-5(12)7(8,9)10/h5,12-13H,2-4H2,1H3. The number of hydrogen-bond donors (Lipinski definition) is 2. The van der Waals surface area contributed by atoms with Crippen LogP contribution in [0.1, 0.15) is 6.92 Å². The first-order valence-corrected chi connectivity index (χ1v) is 3.90. The largest absolute Gasteiger partial charge is 0.415 e. The van der Waals surface area contributed by atoms with E-state index in [1.807, 2.05) is 0 Å². The fourth-order valence-corrected chi connectivity index (χ4v) is 1.39. The van der Waals surface area contributed by atoms with Crippen molar-refractivity contribution in [3.63, 3.8) is 0 Å². The molecule has 0 spiro atoms. The Hall–Kier alpha value is -0.330. The molecule has 0 radical (unpaired) electrons. The van der Waals surface area contributed by atoms with Crippen LogP contribution in [0.2, 0.25) is 0 Å². The van der Waals surface area contributed by atoms with E-state index in [2.05, 4.69) is 0 Å². The SMILES string of the molecule is CC1(O)CN(CC(O)C(F)(F)F)C1. The third-order valence-electron chi connectivity index (χ3n) is 1.94. The Labute approximate surface area is 73.8 Å². The van der Waals surface area contributed by atoms with Crippen molar-refractivity contribution in [1.29, 1.82) is 0 Å². The Balaban J connectivity index is 2.28. The van der Waals surface area contributed by atoms with Gasteiger partial charge in [0.2, 0.25) is 0 Å². The second-order valence-corrected chi connectivity index (χ2v) is 3.72. The van der Waals surface area contributed by atoms with Crippen molar-refractivity contribution < 1.29 is 23.4 Å². The summed E-state index contributed by atoms with van der Waals surface area (Å²) in [5.41, 5.74) is -0.898. The van der Waals surface area contributed by atoms with Crippen LogP contribution in [0.5, 0.6) is 0 Å². The molecule has 78 valence electrons. The lowest BCUT2D eigenvalue weighted by atomic mass is 9.96. The van der Waals surface area contributed by atoms with Gasteiger partial charge in [0.25, 0.3) is 0 Å². The first-order chi connectivity index (χ1) is 5.71. The molecule has 0 bridgehead atoms. The first kappa shape index (κ1) is 10.7. The number of aliphatic hydroxyl groups is 2. The van der Waals surface area contributed by atoms with Crippen molar-refractivity contribution in [3.8, 4) is 0 Å². The van der Waals surface area contributed by atoms with Crippen LogP contribution in [-0.4, -0.2) is 52.6 Å². The third kappa shape index (κ3) is 2.82. The Morgan fingerprint density at radius 2 is 1.92 bits per heavy atom. The average molecular weight is 199 g/mol. The second-order valence-electron chi connectivity index (χ2n) is 3.72. The van der Waals surface area contributed by atoms with Crippen molar-refractivity contribution in [1.82, 2.24) is 4.90 Å². The number of aliphatic hydroxyl groups excluding tert-OH is 1. The summed E-state index contributed by atoms with van der Waals surface area (Å²) in [5.74, 6) is 0. The van der Waals surface area contributed by atoms with Gasteiger partial charge in [0.15, 0.2) is 6.10 Å². The van der Waals surface area contributed by atoms with E-state index in [4.69, 9.17) is 5.11 Å². The molecule has 0 aliphatic carbocycles. The van der Waals surface area contributed by atoms with E-state index in [1.165, 1.54) is 4.90 Å². The molecule has 1 aliphatic heterocycles. The average Bonchev–Trinajstić information content (AvgIpc) is 1.80. The fourth-order valence-electron chi connectivity index (χ4n) is 1.39. The monoisotopic (exact) mass is 199 g/mol. The molecule has 1 saturated heterocycles. The molecule has 1 atom stereocenters. The highest BCUT2D eigenvalue weighted by Gasteiger charge is 2.44. The normalized spacial score (nSPS) is 25.4. The second kappa shape index (κ2) is 3.11. The Bertz CT molecular complexity index is 185. The third-order valence-corrected chi connectivity index (χ3v) is 1.94. The number of rotatable bonds is 2. The predicted octanol–water partition coefficient (Wildman–Crippen LogP) is -0.0238. The molecular formula is C7H12F3NO2. The zero-order valence-electron chi connectivity index (χ0n) is 7.17. The van der Waals surface area contributed by atoms with E-state index >= 15 is 0 Å². The number of nitrogens with zero attached hydrogens (tertiary/aromatic N) is 1. The topological polar surface area (TPSA) is 43.7 Å². The number of hydrogen-bond acceptors (Lipinski definition) is 3. The maximum absolute atomic E-state index is 11.8. The van der Waals surface area contributed by atoms with Crippen molar-refractivity contribution in [2.75, 3.05) is 19.6 Å². The molecular weight excluding hydrogens is 187 g/mol. The van der Waals surface area contributed by atoms with Gasteiger partial charge in [0, 0.05) is 19.6 Å². The summed E-state index contributed by atoms with van der Waals surface area (Å²) < 4.78 is 35.5. The molecule has 1 fully saturated rings. The van der Waals surface area contributed by atoms with Crippen LogP contribution in [0.25, 0.3) is 0 Å². The van der Waals surface area contributed by atoms with Crippen LogP contribution in [0.15, 0.2) is 0 Å². The van der Waals surface area contributed by atoms with Crippen LogP contribution < -0.4 is 0 Å². The molecule has 0 amide bonds. The van der Waals surface area contributed by atoms with E-state index in [-0.39, 0.29) is 13.1 Å². The van der Waals surface area contributed by atoms with Crippen molar-refractivity contribution >= 4 is 0 Å². The zero-order valence-corrected chi connectivity index (χ0v) is 7.17. The minimum Gasteiger partial charge on any atom is -0.388 e. The molecule has 1 unspecified atom stereocenters. The van der Waals surface area contributed by atoms with Gasteiger partial charge in [-0.2, -0.15) is 13.2 Å². The quantitative estimate of drug-likeness (QED) is 0.656. The molecule has 3 nitrogen and oxygen atoms in total. The summed E-state index contributed by atoms with van der Waals surface area (Å²) in [6.45, 7) is 1.45. The fraction of sp³-hybridized carbons (Fsp3) is 1.00. The summed E-state index contributed by atoms with van der Waals surface area (Å²) in [6, 6.07) is 0. The maximum atomic E-state index is 11.8. The number of likely N-dealkylation sites (tertiary alicyclic amines) is 1. The van der Waals surface area contributed by atoms with E-state index in [1.54, 1.807) is 6.92 Å². The summed E-state index contributed by atoms with van der Waals surface area (Å²) in [5, 5.41) is 17.8. The van der Waals surface area contributed by atoms with E-state index in [0.29, 0.717) is 0 Å². The van der Waals surface area contributed by atoms with Gasteiger partial charge < -0.3 is 10.2 Å². The Kier molecular flexibility index (Phi) is 2.57. The number of halogens is 3. The molecule has 1 rings (SSSR count). The highest BCUT2D eigenvalue weighted by atomic mass is 19.4. The lowest BCUT2D eigenvalue weighted by Crippen LogP contribution is -2.62. The molecule has 6 heteroatoms. The zero-order chi connectivity index (χ0) is 10.3. The van der Waals surface area contributed by atoms with Gasteiger partial charge >= 0.3 is 6.18 Å². The summed E-state index contributed by atoms with van der Waals surface area (Å²) in [7, 11) is 0. The minimum atomic E-state index is -4.57. The molecule has 0 saturated carbocycles. The first-order valence-electron chi connectivity index (χ1n) is 3.90. The summed E-state index contributed by atoms with van der Waals surface area (Å²) in [4.78, 5) is 1.36. The number of alkyl halides is 3. The Morgan fingerprint density at radius 1 is 1.46 bits per heavy atom. The van der Waals surface area contributed by atoms with Crippen LogP contribution >= 0.6 is 0 Å². The van der Waals surface area contributed by atoms with Gasteiger partial charge in [-0.25, -0.2) is 0 Å². The van der Waals surface area contributed by atoms with Crippen LogP contribution in [-0.2, 0) is 0 Å². The maximum Gasteiger partial charge on any atom is 0.415 e. The van der Waals surface area contributed by atoms with Crippen LogP contribution in [0.3, 0.4) is 0 Å². The lowest BCUT2D eigenvalue weighted by Gasteiger charge is -2.45. The molecule has 0 aromatic carbocycles. The smallest absolute Gasteiger partial charge is 0.388 e. The van der Waals surface area contributed by atoms with E-state index in [9.17, 15) is 18.3 Å². The van der Waals surface area contributed by atoms with E-state index in [0.717, 1.165) is 0 Å². The molecule has 0 aromatic heterocycles. The van der Waals surface area contributed by atoms with Crippen molar-refractivity contribution in [3.05, 3.63) is 0 Å². The summed E-state index contributed by atoms with van der Waals surface area (Å²) in [6.07, 6.45) is -6.88. The highest BCUT2D eigenvalue weighted by molar-refractivity contribution is 4.92. The molecule has 2 N–H and O–H groups in total. The molecule has 1 heterocycles. The van der Waals surface area contributed by atoms with Crippen LogP contribution in [0.4, 0.5) is 13.2 Å². The minimum absolute atomic E-state index is 0.181. The molecule has 1 aliphatic rings. The van der Waals surface area contributed by atoms with E-state index < -0.39 is 24.4 Å². The molecule has 13 heavy (non-hydrogen) atoms. The molecule has 0 aromatic rings. The summed E-state index contributed by atoms with van der Waals surface area (Å²) >= 11 is 0. The predicted molar refractivity (Wildman–Crippen MR) is 39.1 cm³/mol. The van der Waals surface area contributed by atoms with Gasteiger partial charge in [-0.05, 0) is 6.92 Å². The number of β-amino-alcohol motifs (C(OH)–C–C–N with tert-alkyl or cyclic N) is 2. The van der Waals surface area contributed by atoms with Crippen LogP contribution in [0, 0.1) is 0 Å².